The number of carbonyl (C=O) groups excluding carboxylic acids is 1. The third kappa shape index (κ3) is 4.09. The van der Waals surface area contributed by atoms with Gasteiger partial charge in [0.1, 0.15) is 10.9 Å². The van der Waals surface area contributed by atoms with Gasteiger partial charge in [0.15, 0.2) is 5.78 Å². The van der Waals surface area contributed by atoms with Crippen LogP contribution in [0.25, 0.3) is 10.9 Å². The first-order valence-corrected chi connectivity index (χ1v) is 8.66. The molecule has 2 aromatic heterocycles. The van der Waals surface area contributed by atoms with Crippen LogP contribution in [0.1, 0.15) is 20.4 Å². The fourth-order valence-electron chi connectivity index (χ4n) is 2.11. The van der Waals surface area contributed by atoms with Crippen LogP contribution in [0, 0.1) is 6.92 Å². The highest BCUT2D eigenvalue weighted by atomic mass is 35.5. The number of thiophene rings is 1. The quantitative estimate of drug-likeness (QED) is 0.422. The van der Waals surface area contributed by atoms with E-state index in [-0.39, 0.29) is 18.2 Å². The number of halogens is 1. The van der Waals surface area contributed by atoms with Gasteiger partial charge in [-0.25, -0.2) is 9.97 Å². The number of rotatable bonds is 5. The van der Waals surface area contributed by atoms with Crippen molar-refractivity contribution in [2.75, 3.05) is 5.75 Å². The fraction of sp³-hybridized carbons (Fsp3) is 0.188. The van der Waals surface area contributed by atoms with Crippen LogP contribution < -0.4 is 5.73 Å². The zero-order valence-electron chi connectivity index (χ0n) is 12.5. The Bertz CT molecular complexity index is 835. The molecule has 2 heterocycles. The largest absolute Gasteiger partial charge is 0.326 e. The van der Waals surface area contributed by atoms with E-state index in [1.165, 1.54) is 23.1 Å². The second kappa shape index (κ2) is 7.88. The van der Waals surface area contributed by atoms with Crippen molar-refractivity contribution in [1.82, 2.24) is 9.97 Å². The van der Waals surface area contributed by atoms with Gasteiger partial charge in [-0.2, -0.15) is 0 Å². The maximum Gasteiger partial charge on any atom is 0.183 e. The molecule has 23 heavy (non-hydrogen) atoms. The number of fused-ring (bicyclic) bond motifs is 1. The lowest BCUT2D eigenvalue weighted by molar-refractivity contribution is 0.102. The number of Topliss-reactive ketones (excluding diaryl/α,β-unsaturated/α-hetero) is 1. The number of nitrogens with two attached hydrogens (primary N) is 1. The summed E-state index contributed by atoms with van der Waals surface area (Å²) in [6.45, 7) is 2.34. The van der Waals surface area contributed by atoms with Gasteiger partial charge in [0.25, 0.3) is 0 Å². The van der Waals surface area contributed by atoms with Gasteiger partial charge < -0.3 is 5.73 Å². The lowest BCUT2D eigenvalue weighted by atomic mass is 10.2. The Morgan fingerprint density at radius 1 is 1.22 bits per heavy atom. The molecule has 3 aromatic rings. The molecule has 7 heteroatoms. The average molecular weight is 366 g/mol. The van der Waals surface area contributed by atoms with Crippen LogP contribution in [0.4, 0.5) is 0 Å². The molecule has 0 spiro atoms. The second-order valence-corrected chi connectivity index (χ2v) is 6.91. The van der Waals surface area contributed by atoms with Crippen molar-refractivity contribution >= 4 is 52.2 Å². The van der Waals surface area contributed by atoms with Crippen LogP contribution in [0.3, 0.4) is 0 Å². The van der Waals surface area contributed by atoms with Gasteiger partial charge in [0, 0.05) is 16.8 Å². The molecular weight excluding hydrogens is 350 g/mol. The number of thioether (sulfide) groups is 1. The number of hydrogen-bond acceptors (Lipinski definition) is 6. The summed E-state index contributed by atoms with van der Waals surface area (Å²) < 4.78 is 0. The van der Waals surface area contributed by atoms with Gasteiger partial charge in [0.2, 0.25) is 0 Å². The Labute approximate surface area is 148 Å². The smallest absolute Gasteiger partial charge is 0.183 e. The van der Waals surface area contributed by atoms with Crippen LogP contribution in [0.2, 0.25) is 0 Å². The molecule has 0 atom stereocenters. The van der Waals surface area contributed by atoms with Crippen LogP contribution in [-0.4, -0.2) is 21.5 Å². The molecule has 2 N–H and O–H groups in total. The summed E-state index contributed by atoms with van der Waals surface area (Å²) in [6, 6.07) is 11.6. The van der Waals surface area contributed by atoms with E-state index in [2.05, 4.69) is 9.97 Å². The SMILES string of the molecule is Cc1nc(SCC(=O)c2ccc(CN)s2)c2ccccc2n1.Cl. The lowest BCUT2D eigenvalue weighted by Crippen LogP contribution is -2.01. The highest BCUT2D eigenvalue weighted by Gasteiger charge is 2.12. The molecule has 0 unspecified atom stereocenters. The summed E-state index contributed by atoms with van der Waals surface area (Å²) in [5.74, 6) is 1.19. The minimum atomic E-state index is 0. The maximum atomic E-state index is 12.3. The average Bonchev–Trinajstić information content (AvgIpc) is 3.01. The molecule has 120 valence electrons. The molecule has 0 radical (unpaired) electrons. The van der Waals surface area contributed by atoms with Gasteiger partial charge in [-0.15, -0.1) is 23.7 Å². The summed E-state index contributed by atoms with van der Waals surface area (Å²) >= 11 is 2.92. The number of nitrogens with zero attached hydrogens (tertiary/aromatic N) is 2. The molecule has 0 bridgehead atoms. The number of benzene rings is 1. The number of ketones is 1. The van der Waals surface area contributed by atoms with Crippen molar-refractivity contribution in [3.63, 3.8) is 0 Å². The van der Waals surface area contributed by atoms with E-state index < -0.39 is 0 Å². The van der Waals surface area contributed by atoms with Gasteiger partial charge in [-0.05, 0) is 25.1 Å². The number of carbonyl (C=O) groups is 1. The summed E-state index contributed by atoms with van der Waals surface area (Å²) in [7, 11) is 0. The molecule has 1 aromatic carbocycles. The zero-order chi connectivity index (χ0) is 15.5. The first-order valence-electron chi connectivity index (χ1n) is 6.85. The van der Waals surface area contributed by atoms with Crippen molar-refractivity contribution in [1.29, 1.82) is 0 Å². The van der Waals surface area contributed by atoms with E-state index in [9.17, 15) is 4.79 Å². The van der Waals surface area contributed by atoms with Crippen molar-refractivity contribution in [2.24, 2.45) is 5.73 Å². The zero-order valence-corrected chi connectivity index (χ0v) is 14.9. The summed E-state index contributed by atoms with van der Waals surface area (Å²) in [5, 5.41) is 1.84. The Morgan fingerprint density at radius 3 is 2.74 bits per heavy atom. The number of hydrogen-bond donors (Lipinski definition) is 1. The van der Waals surface area contributed by atoms with E-state index in [0.29, 0.717) is 12.3 Å². The molecule has 3 rings (SSSR count). The molecule has 0 saturated heterocycles. The van der Waals surface area contributed by atoms with E-state index >= 15 is 0 Å². The molecule has 4 nitrogen and oxygen atoms in total. The van der Waals surface area contributed by atoms with Crippen LogP contribution in [0.5, 0.6) is 0 Å². The number of para-hydroxylation sites is 1. The van der Waals surface area contributed by atoms with E-state index in [0.717, 1.165) is 31.5 Å². The maximum absolute atomic E-state index is 12.3. The van der Waals surface area contributed by atoms with Crippen LogP contribution >= 0.6 is 35.5 Å². The molecular formula is C16H16ClN3OS2. The van der Waals surface area contributed by atoms with Crippen LogP contribution in [0.15, 0.2) is 41.4 Å². The minimum Gasteiger partial charge on any atom is -0.326 e. The molecule has 0 amide bonds. The van der Waals surface area contributed by atoms with Crippen molar-refractivity contribution in [3.8, 4) is 0 Å². The van der Waals surface area contributed by atoms with Crippen LogP contribution in [-0.2, 0) is 6.54 Å². The predicted octanol–water partition coefficient (Wildman–Crippen LogP) is 3.86. The molecule has 0 aliphatic rings. The number of aryl methyl sites for hydroxylation is 1. The Balaban J connectivity index is 0.00000192. The van der Waals surface area contributed by atoms with E-state index in [1.807, 2.05) is 43.3 Å². The highest BCUT2D eigenvalue weighted by molar-refractivity contribution is 8.00. The molecule has 0 aliphatic carbocycles. The van der Waals surface area contributed by atoms with Gasteiger partial charge >= 0.3 is 0 Å². The fourth-order valence-corrected chi connectivity index (χ4v) is 3.97. The Hall–Kier alpha value is -1.47. The monoisotopic (exact) mass is 365 g/mol. The minimum absolute atomic E-state index is 0. The van der Waals surface area contributed by atoms with Crippen molar-refractivity contribution in [2.45, 2.75) is 18.5 Å². The first-order chi connectivity index (χ1) is 10.7. The van der Waals surface area contributed by atoms with Gasteiger partial charge in [-0.3, -0.25) is 4.79 Å². The highest BCUT2D eigenvalue weighted by Crippen LogP contribution is 2.27. The topological polar surface area (TPSA) is 68.9 Å². The third-order valence-corrected chi connectivity index (χ3v) is 5.30. The van der Waals surface area contributed by atoms with Crippen molar-refractivity contribution < 1.29 is 4.79 Å². The Kier molecular flexibility index (Phi) is 6.12. The van der Waals surface area contributed by atoms with Crippen molar-refractivity contribution in [3.05, 3.63) is 52.0 Å². The molecule has 0 fully saturated rings. The normalized spacial score (nSPS) is 10.5. The molecule has 0 saturated carbocycles. The summed E-state index contributed by atoms with van der Waals surface area (Å²) in [4.78, 5) is 22.9. The molecule has 0 aliphatic heterocycles. The van der Waals surface area contributed by atoms with E-state index in [1.54, 1.807) is 0 Å². The predicted molar refractivity (Wildman–Crippen MR) is 98.8 cm³/mol. The van der Waals surface area contributed by atoms with Gasteiger partial charge in [-0.1, -0.05) is 30.0 Å². The second-order valence-electron chi connectivity index (χ2n) is 4.78. The summed E-state index contributed by atoms with van der Waals surface area (Å²) in [6.07, 6.45) is 0. The summed E-state index contributed by atoms with van der Waals surface area (Å²) in [5.41, 5.74) is 6.49. The first kappa shape index (κ1) is 17.9. The Morgan fingerprint density at radius 2 is 2.00 bits per heavy atom. The standard InChI is InChI=1S/C16H15N3OS2.ClH/c1-10-18-13-5-3-2-4-12(13)16(19-10)21-9-14(20)15-7-6-11(8-17)22-15;/h2-7H,8-9,17H2,1H3;1H. The van der Waals surface area contributed by atoms with Gasteiger partial charge in [0.05, 0.1) is 16.1 Å². The number of aromatic nitrogens is 2. The third-order valence-electron chi connectivity index (χ3n) is 3.16. The van der Waals surface area contributed by atoms with E-state index in [4.69, 9.17) is 5.73 Å². The lowest BCUT2D eigenvalue weighted by Gasteiger charge is -2.05.